The van der Waals surface area contributed by atoms with Gasteiger partial charge in [-0.25, -0.2) is 0 Å². The standard InChI is InChI=1S/C42H42N4O4/c47-13-9-22-20-43-12-11-41-28-5-1-4-8-31(28)46-38(41)26(24(22)16-34(41)43)15-27(40(46)49)32-19-42-29-6-2-3-7-30(29)45-36(48)18-33-37(39(42)45)25-17-35(42)44(32)21-23(25)10-14-50-33/h1-10,15,24-26,32-35,37-39,47H,11-14,16-21H2/b22-9-/t24-,25-,26-,32+,33-,34-,35-,37-,38-,39-,41+,42+/m0/s1. The van der Waals surface area contributed by atoms with E-state index in [0.29, 0.717) is 30.9 Å². The highest BCUT2D eigenvalue weighted by Gasteiger charge is 2.74. The van der Waals surface area contributed by atoms with Gasteiger partial charge in [-0.05, 0) is 67.3 Å². The van der Waals surface area contributed by atoms with E-state index in [0.717, 1.165) is 62.3 Å². The Morgan fingerprint density at radius 1 is 0.900 bits per heavy atom. The van der Waals surface area contributed by atoms with E-state index in [9.17, 15) is 9.90 Å². The molecule has 12 atom stereocenters. The van der Waals surface area contributed by atoms with Gasteiger partial charge in [0.25, 0.3) is 5.91 Å². The molecule has 2 saturated carbocycles. The van der Waals surface area contributed by atoms with Crippen LogP contribution in [0.2, 0.25) is 0 Å². The van der Waals surface area contributed by atoms with Crippen molar-refractivity contribution in [3.63, 3.8) is 0 Å². The number of carbonyl (C=O) groups excluding carboxylic acids is 2. The lowest BCUT2D eigenvalue weighted by atomic mass is 9.53. The molecule has 8 nitrogen and oxygen atoms in total. The van der Waals surface area contributed by atoms with E-state index < -0.39 is 0 Å². The van der Waals surface area contributed by atoms with Gasteiger partial charge >= 0.3 is 0 Å². The fourth-order valence-corrected chi connectivity index (χ4v) is 15.0. The zero-order valence-corrected chi connectivity index (χ0v) is 28.2. The summed E-state index contributed by atoms with van der Waals surface area (Å²) in [5, 5.41) is 10.2. The maximum absolute atomic E-state index is 15.5. The molecule has 8 heteroatoms. The number of benzene rings is 2. The number of amides is 2. The highest BCUT2D eigenvalue weighted by atomic mass is 16.5. The Kier molecular flexibility index (Phi) is 5.10. The number of para-hydroxylation sites is 2. The van der Waals surface area contributed by atoms with Crippen LogP contribution in [0, 0.1) is 23.7 Å². The minimum absolute atomic E-state index is 0.0317. The van der Waals surface area contributed by atoms with Crippen molar-refractivity contribution in [2.75, 3.05) is 42.6 Å². The number of aliphatic hydroxyl groups is 1. The Bertz CT molecular complexity index is 2060. The molecule has 2 aliphatic carbocycles. The van der Waals surface area contributed by atoms with Gasteiger partial charge in [0.1, 0.15) is 0 Å². The van der Waals surface area contributed by atoms with Crippen LogP contribution in [0.15, 0.2) is 83.5 Å². The molecule has 9 heterocycles. The average molecular weight is 667 g/mol. The van der Waals surface area contributed by atoms with Crippen molar-refractivity contribution in [3.8, 4) is 0 Å². The number of rotatable bonds is 2. The largest absolute Gasteiger partial charge is 0.392 e. The Morgan fingerprint density at radius 2 is 1.68 bits per heavy atom. The Balaban J connectivity index is 1.02. The van der Waals surface area contributed by atoms with Crippen LogP contribution in [0.3, 0.4) is 0 Å². The van der Waals surface area contributed by atoms with Gasteiger partial charge in [-0.15, -0.1) is 0 Å². The van der Waals surface area contributed by atoms with Gasteiger partial charge in [0.15, 0.2) is 0 Å². The molecule has 254 valence electrons. The zero-order chi connectivity index (χ0) is 32.8. The number of piperidine rings is 3. The van der Waals surface area contributed by atoms with Crippen LogP contribution in [0.4, 0.5) is 11.4 Å². The summed E-state index contributed by atoms with van der Waals surface area (Å²) in [6, 6.07) is 18.4. The molecular formula is C42H42N4O4. The van der Waals surface area contributed by atoms with Gasteiger partial charge in [0, 0.05) is 70.8 Å². The van der Waals surface area contributed by atoms with Crippen molar-refractivity contribution in [1.82, 2.24) is 9.80 Å². The number of hydrogen-bond donors (Lipinski definition) is 1. The van der Waals surface area contributed by atoms with Gasteiger partial charge < -0.3 is 19.6 Å². The van der Waals surface area contributed by atoms with Crippen molar-refractivity contribution < 1.29 is 19.4 Å². The highest BCUT2D eigenvalue weighted by Crippen LogP contribution is 2.69. The zero-order valence-electron chi connectivity index (χ0n) is 28.2. The molecule has 0 unspecified atom stereocenters. The van der Waals surface area contributed by atoms with Crippen molar-refractivity contribution in [2.24, 2.45) is 23.7 Å². The van der Waals surface area contributed by atoms with E-state index in [1.54, 1.807) is 0 Å². The van der Waals surface area contributed by atoms with Crippen molar-refractivity contribution in [1.29, 1.82) is 0 Å². The third-order valence-corrected chi connectivity index (χ3v) is 16.3. The summed E-state index contributed by atoms with van der Waals surface area (Å²) < 4.78 is 6.53. The molecule has 50 heavy (non-hydrogen) atoms. The molecule has 1 N–H and O–H groups in total. The summed E-state index contributed by atoms with van der Waals surface area (Å²) in [4.78, 5) is 39.5. The topological polar surface area (TPSA) is 76.6 Å². The molecule has 0 aromatic heterocycles. The van der Waals surface area contributed by atoms with E-state index in [-0.39, 0.29) is 71.4 Å². The third-order valence-electron chi connectivity index (χ3n) is 16.3. The summed E-state index contributed by atoms with van der Waals surface area (Å²) in [5.74, 6) is 1.58. The number of anilines is 2. The third kappa shape index (κ3) is 2.89. The van der Waals surface area contributed by atoms with Gasteiger partial charge in [-0.1, -0.05) is 65.8 Å². The van der Waals surface area contributed by atoms with Crippen LogP contribution in [0.5, 0.6) is 0 Å². The molecule has 2 aromatic rings. The van der Waals surface area contributed by atoms with Gasteiger partial charge in [-0.3, -0.25) is 19.4 Å². The molecule has 0 radical (unpaired) electrons. The fourth-order valence-electron chi connectivity index (χ4n) is 15.0. The number of ether oxygens (including phenoxy) is 1. The van der Waals surface area contributed by atoms with Crippen LogP contribution < -0.4 is 9.80 Å². The second-order valence-corrected chi connectivity index (χ2v) is 17.4. The van der Waals surface area contributed by atoms with Crippen LogP contribution in [-0.2, 0) is 25.2 Å². The van der Waals surface area contributed by atoms with Gasteiger partial charge in [0.2, 0.25) is 5.91 Å². The summed E-state index contributed by atoms with van der Waals surface area (Å²) >= 11 is 0. The lowest BCUT2D eigenvalue weighted by Crippen LogP contribution is -2.69. The second-order valence-electron chi connectivity index (χ2n) is 17.4. The van der Waals surface area contributed by atoms with Crippen molar-refractivity contribution in [3.05, 3.63) is 94.6 Å². The van der Waals surface area contributed by atoms with E-state index in [4.69, 9.17) is 4.74 Å². The molecule has 4 bridgehead atoms. The molecule has 13 rings (SSSR count). The van der Waals surface area contributed by atoms with Crippen LogP contribution in [-0.4, -0.2) is 95.9 Å². The van der Waals surface area contributed by atoms with Crippen LogP contribution in [0.25, 0.3) is 0 Å². The lowest BCUT2D eigenvalue weighted by molar-refractivity contribution is -0.132. The minimum atomic E-state index is -0.242. The quantitative estimate of drug-likeness (QED) is 0.493. The number of carbonyl (C=O) groups is 2. The summed E-state index contributed by atoms with van der Waals surface area (Å²) in [7, 11) is 0. The van der Waals surface area contributed by atoms with E-state index in [2.05, 4.69) is 86.4 Å². The van der Waals surface area contributed by atoms with E-state index in [1.165, 1.54) is 22.3 Å². The van der Waals surface area contributed by atoms with Crippen molar-refractivity contribution in [2.45, 2.75) is 79.2 Å². The lowest BCUT2D eigenvalue weighted by Gasteiger charge is -2.59. The van der Waals surface area contributed by atoms with Gasteiger partial charge in [0.05, 0.1) is 37.8 Å². The SMILES string of the molecule is O=C1C[C@@H]2OCC=C3CN4[C@@H](C5=C[C@@H]6[C@@H]7N(C5=O)c5ccccc5[C@@]75CCN7C/C(=C/CO)[C@@H]6C[C@H]75)C[C@]56c7ccccc7N1[C@H]5[C@H]2[C@H]3C[C@H]46. The Labute approximate surface area is 292 Å². The maximum atomic E-state index is 15.5. The Hall–Kier alpha value is -3.56. The predicted octanol–water partition coefficient (Wildman–Crippen LogP) is 3.70. The molecule has 2 spiro atoms. The highest BCUT2D eigenvalue weighted by molar-refractivity contribution is 6.10. The predicted molar refractivity (Wildman–Crippen MR) is 187 cm³/mol. The van der Waals surface area contributed by atoms with Gasteiger partial charge in [-0.2, -0.15) is 0 Å². The first kappa shape index (κ1) is 28.1. The Morgan fingerprint density at radius 3 is 2.52 bits per heavy atom. The molecule has 5 saturated heterocycles. The average Bonchev–Trinajstić information content (AvgIpc) is 3.83. The summed E-state index contributed by atoms with van der Waals surface area (Å²) in [5.41, 5.74) is 8.39. The smallest absolute Gasteiger partial charge is 0.255 e. The molecule has 9 aliphatic heterocycles. The first-order valence-corrected chi connectivity index (χ1v) is 19.2. The number of fused-ring (bicyclic) bond motifs is 6. The first-order valence-electron chi connectivity index (χ1n) is 19.2. The normalized spacial score (nSPS) is 46.1. The minimum Gasteiger partial charge on any atom is -0.392 e. The molecule has 7 fully saturated rings. The number of nitrogens with zero attached hydrogens (tertiary/aromatic N) is 4. The fraction of sp³-hybridized carbons (Fsp3) is 0.524. The monoisotopic (exact) mass is 666 g/mol. The molecule has 2 amide bonds. The molecular weight excluding hydrogens is 624 g/mol. The van der Waals surface area contributed by atoms with Crippen LogP contribution >= 0.6 is 0 Å². The second kappa shape index (κ2) is 9.08. The maximum Gasteiger partial charge on any atom is 0.255 e. The summed E-state index contributed by atoms with van der Waals surface area (Å²) in [6.07, 6.45) is 11.3. The summed E-state index contributed by atoms with van der Waals surface area (Å²) in [6.45, 7) is 3.45. The van der Waals surface area contributed by atoms with E-state index in [1.807, 2.05) is 0 Å². The number of aliphatic hydroxyl groups excluding tert-OH is 1. The number of hydrogen-bond acceptors (Lipinski definition) is 6. The van der Waals surface area contributed by atoms with E-state index >= 15 is 4.79 Å². The molecule has 11 aliphatic rings. The van der Waals surface area contributed by atoms with Crippen LogP contribution in [0.1, 0.15) is 43.2 Å². The first-order chi connectivity index (χ1) is 24.5. The molecule has 2 aromatic carbocycles. The van der Waals surface area contributed by atoms with Crippen molar-refractivity contribution >= 4 is 23.2 Å².